The van der Waals surface area contributed by atoms with Crippen LogP contribution in [0.1, 0.15) is 25.0 Å². The molecular formula is C13H14F3NOS. The van der Waals surface area contributed by atoms with E-state index in [4.69, 9.17) is 4.84 Å². The second-order valence-electron chi connectivity index (χ2n) is 4.76. The van der Waals surface area contributed by atoms with Gasteiger partial charge in [0.05, 0.1) is 10.6 Å². The Hall–Kier alpha value is -1.14. The molecule has 0 aromatic heterocycles. The van der Waals surface area contributed by atoms with E-state index >= 15 is 0 Å². The van der Waals surface area contributed by atoms with Crippen molar-refractivity contribution in [3.05, 3.63) is 46.5 Å². The van der Waals surface area contributed by atoms with Crippen molar-refractivity contribution in [1.82, 2.24) is 5.48 Å². The summed E-state index contributed by atoms with van der Waals surface area (Å²) in [6, 6.07) is 5.61. The summed E-state index contributed by atoms with van der Waals surface area (Å²) in [6.07, 6.45) is -2.46. The highest BCUT2D eigenvalue weighted by molar-refractivity contribution is 8.02. The third-order valence-electron chi connectivity index (χ3n) is 2.60. The first kappa shape index (κ1) is 14.3. The van der Waals surface area contributed by atoms with Crippen molar-refractivity contribution in [2.75, 3.05) is 0 Å². The lowest BCUT2D eigenvalue weighted by molar-refractivity contribution is -0.138. The topological polar surface area (TPSA) is 21.3 Å². The van der Waals surface area contributed by atoms with Crippen LogP contribution >= 0.6 is 11.8 Å². The van der Waals surface area contributed by atoms with Gasteiger partial charge in [0.15, 0.2) is 0 Å². The molecule has 0 aliphatic carbocycles. The molecule has 1 heterocycles. The summed E-state index contributed by atoms with van der Waals surface area (Å²) in [5.41, 5.74) is 1.98. The number of hydrogen-bond donors (Lipinski definition) is 1. The molecule has 0 atom stereocenters. The molecule has 0 unspecified atom stereocenters. The Bertz CT molecular complexity index is 497. The zero-order valence-electron chi connectivity index (χ0n) is 10.5. The normalized spacial score (nSPS) is 18.1. The van der Waals surface area contributed by atoms with Crippen LogP contribution in [-0.2, 0) is 16.8 Å². The third kappa shape index (κ3) is 3.67. The molecule has 19 heavy (non-hydrogen) atoms. The minimum atomic E-state index is -4.32. The molecule has 0 saturated carbocycles. The summed E-state index contributed by atoms with van der Waals surface area (Å²) in [5, 5.41) is 0.738. The van der Waals surface area contributed by atoms with Gasteiger partial charge in [0.1, 0.15) is 5.60 Å². The van der Waals surface area contributed by atoms with Gasteiger partial charge >= 0.3 is 6.18 Å². The van der Waals surface area contributed by atoms with Crippen molar-refractivity contribution in [1.29, 1.82) is 0 Å². The van der Waals surface area contributed by atoms with Crippen LogP contribution in [0.25, 0.3) is 0 Å². The summed E-state index contributed by atoms with van der Waals surface area (Å²) in [4.78, 5) is 5.25. The monoisotopic (exact) mass is 289 g/mol. The fourth-order valence-corrected chi connectivity index (χ4v) is 2.74. The van der Waals surface area contributed by atoms with Gasteiger partial charge in [-0.3, -0.25) is 10.3 Å². The van der Waals surface area contributed by atoms with Crippen molar-refractivity contribution < 1.29 is 18.0 Å². The molecule has 0 amide bonds. The van der Waals surface area contributed by atoms with E-state index in [2.05, 4.69) is 5.48 Å². The largest absolute Gasteiger partial charge is 0.416 e. The Morgan fingerprint density at radius 1 is 1.26 bits per heavy atom. The summed E-state index contributed by atoms with van der Waals surface area (Å²) < 4.78 is 38.4. The number of nitrogens with one attached hydrogen (secondary N) is 1. The molecule has 2 rings (SSSR count). The van der Waals surface area contributed by atoms with Crippen LogP contribution in [0.5, 0.6) is 0 Å². The van der Waals surface area contributed by atoms with E-state index in [1.54, 1.807) is 6.07 Å². The molecule has 0 bridgehead atoms. The lowest BCUT2D eigenvalue weighted by atomic mass is 10.1. The van der Waals surface area contributed by atoms with E-state index < -0.39 is 17.3 Å². The van der Waals surface area contributed by atoms with Crippen LogP contribution < -0.4 is 5.48 Å². The zero-order chi connectivity index (χ0) is 14.1. The quantitative estimate of drug-likeness (QED) is 0.905. The maximum atomic E-state index is 12.8. The number of hydroxylamine groups is 1. The molecule has 1 N–H and O–H groups in total. The van der Waals surface area contributed by atoms with Gasteiger partial charge in [-0.15, -0.1) is 11.8 Å². The number of hydrogen-bond acceptors (Lipinski definition) is 3. The van der Waals surface area contributed by atoms with E-state index in [0.29, 0.717) is 0 Å². The first-order valence-corrected chi connectivity index (χ1v) is 6.71. The molecule has 1 aliphatic heterocycles. The van der Waals surface area contributed by atoms with Gasteiger partial charge in [-0.2, -0.15) is 13.2 Å². The van der Waals surface area contributed by atoms with Gasteiger partial charge in [0.25, 0.3) is 0 Å². The first-order valence-electron chi connectivity index (χ1n) is 5.73. The van der Waals surface area contributed by atoms with Crippen molar-refractivity contribution in [3.8, 4) is 0 Å². The van der Waals surface area contributed by atoms with E-state index in [9.17, 15) is 13.2 Å². The minimum Gasteiger partial charge on any atom is -0.265 e. The maximum Gasteiger partial charge on any atom is 0.416 e. The Balaban J connectivity index is 2.09. The second kappa shape index (κ2) is 5.09. The average molecular weight is 289 g/mol. The summed E-state index contributed by atoms with van der Waals surface area (Å²) in [6.45, 7) is 3.74. The SMILES string of the molecule is CC1(C)C=C(SCc2ccccc2C(F)(F)F)NO1. The molecule has 2 nitrogen and oxygen atoms in total. The van der Waals surface area contributed by atoms with Crippen LogP contribution in [-0.4, -0.2) is 5.60 Å². The molecule has 1 aliphatic rings. The van der Waals surface area contributed by atoms with Crippen LogP contribution in [0, 0.1) is 0 Å². The molecule has 1 aromatic carbocycles. The van der Waals surface area contributed by atoms with Crippen molar-refractivity contribution in [3.63, 3.8) is 0 Å². The van der Waals surface area contributed by atoms with Gasteiger partial charge in [-0.25, -0.2) is 0 Å². The maximum absolute atomic E-state index is 12.8. The summed E-state index contributed by atoms with van der Waals surface area (Å²) in [5.74, 6) is 0.244. The van der Waals surface area contributed by atoms with Crippen LogP contribution in [0.4, 0.5) is 13.2 Å². The van der Waals surface area contributed by atoms with Crippen molar-refractivity contribution >= 4 is 11.8 Å². The fourth-order valence-electron chi connectivity index (χ4n) is 1.71. The van der Waals surface area contributed by atoms with Gasteiger partial charge in [0.2, 0.25) is 0 Å². The molecule has 104 valence electrons. The lowest BCUT2D eigenvalue weighted by Crippen LogP contribution is -2.20. The van der Waals surface area contributed by atoms with Crippen LogP contribution in [0.3, 0.4) is 0 Å². The summed E-state index contributed by atoms with van der Waals surface area (Å²) in [7, 11) is 0. The molecule has 0 saturated heterocycles. The molecular weight excluding hydrogens is 275 g/mol. The predicted molar refractivity (Wildman–Crippen MR) is 69.1 cm³/mol. The molecule has 0 spiro atoms. The molecule has 1 aromatic rings. The van der Waals surface area contributed by atoms with Crippen LogP contribution in [0.15, 0.2) is 35.4 Å². The van der Waals surface area contributed by atoms with E-state index in [1.165, 1.54) is 23.9 Å². The standard InChI is InChI=1S/C13H14F3NOS/c1-12(2)7-11(17-18-12)19-8-9-5-3-4-6-10(9)13(14,15)16/h3-7,17H,8H2,1-2H3. The van der Waals surface area contributed by atoms with Crippen LogP contribution in [0.2, 0.25) is 0 Å². The van der Waals surface area contributed by atoms with E-state index in [-0.39, 0.29) is 11.3 Å². The van der Waals surface area contributed by atoms with Gasteiger partial charge in [-0.05, 0) is 31.6 Å². The Kier molecular flexibility index (Phi) is 3.82. The highest BCUT2D eigenvalue weighted by Crippen LogP contribution is 2.35. The number of halogens is 3. The second-order valence-corrected chi connectivity index (χ2v) is 5.78. The smallest absolute Gasteiger partial charge is 0.265 e. The first-order chi connectivity index (χ1) is 8.78. The van der Waals surface area contributed by atoms with Gasteiger partial charge in [-0.1, -0.05) is 18.2 Å². The number of alkyl halides is 3. The lowest BCUT2D eigenvalue weighted by Gasteiger charge is -2.12. The van der Waals surface area contributed by atoms with Gasteiger partial charge < -0.3 is 0 Å². The number of rotatable bonds is 3. The molecule has 0 fully saturated rings. The summed E-state index contributed by atoms with van der Waals surface area (Å²) >= 11 is 1.29. The van der Waals surface area contributed by atoms with E-state index in [0.717, 1.165) is 11.1 Å². The number of benzene rings is 1. The molecule has 0 radical (unpaired) electrons. The van der Waals surface area contributed by atoms with Gasteiger partial charge in [0, 0.05) is 5.75 Å². The van der Waals surface area contributed by atoms with Crippen molar-refractivity contribution in [2.24, 2.45) is 0 Å². The highest BCUT2D eigenvalue weighted by atomic mass is 32.2. The Morgan fingerprint density at radius 3 is 2.53 bits per heavy atom. The highest BCUT2D eigenvalue weighted by Gasteiger charge is 2.33. The number of thioether (sulfide) groups is 1. The Morgan fingerprint density at radius 2 is 1.95 bits per heavy atom. The van der Waals surface area contributed by atoms with Crippen molar-refractivity contribution in [2.45, 2.75) is 31.4 Å². The minimum absolute atomic E-state index is 0.244. The van der Waals surface area contributed by atoms with E-state index in [1.807, 2.05) is 19.9 Å². The fraction of sp³-hybridized carbons (Fsp3) is 0.385. The predicted octanol–water partition coefficient (Wildman–Crippen LogP) is 4.09. The zero-order valence-corrected chi connectivity index (χ0v) is 11.4. The average Bonchev–Trinajstić information content (AvgIpc) is 2.66. The Labute approximate surface area is 114 Å². The molecule has 6 heteroatoms. The third-order valence-corrected chi connectivity index (χ3v) is 3.57.